The number of carbonyl (C=O) groups is 1. The molecule has 8 bridgehead atoms. The van der Waals surface area contributed by atoms with E-state index in [0.29, 0.717) is 27.2 Å². The summed E-state index contributed by atoms with van der Waals surface area (Å²) in [7, 11) is 0. The fourth-order valence-electron chi connectivity index (χ4n) is 13.3. The molecule has 2 unspecified atom stereocenters. The van der Waals surface area contributed by atoms with Gasteiger partial charge in [0.2, 0.25) is 0 Å². The molecular formula is C35H42O2. The molecule has 8 aliphatic rings. The number of hydrogen-bond acceptors (Lipinski definition) is 1. The molecule has 2 nitrogen and oxygen atoms in total. The first-order valence-electron chi connectivity index (χ1n) is 15.1. The van der Waals surface area contributed by atoms with Gasteiger partial charge in [0.05, 0.1) is 5.56 Å². The van der Waals surface area contributed by atoms with Crippen LogP contribution < -0.4 is 0 Å². The largest absolute Gasteiger partial charge is 0.478 e. The van der Waals surface area contributed by atoms with Crippen molar-refractivity contribution in [3.63, 3.8) is 0 Å². The number of benzene rings is 2. The molecule has 8 fully saturated rings. The summed E-state index contributed by atoms with van der Waals surface area (Å²) in [5, 5.41) is 10.5. The van der Waals surface area contributed by atoms with Gasteiger partial charge in [-0.25, -0.2) is 4.79 Å². The normalized spacial score (nSPS) is 46.9. The van der Waals surface area contributed by atoms with E-state index in [1.54, 1.807) is 0 Å². The van der Waals surface area contributed by atoms with Crippen LogP contribution in [-0.2, 0) is 5.41 Å². The maximum atomic E-state index is 12.7. The lowest BCUT2D eigenvalue weighted by molar-refractivity contribution is -0.246. The predicted molar refractivity (Wildman–Crippen MR) is 147 cm³/mol. The van der Waals surface area contributed by atoms with Crippen LogP contribution >= 0.6 is 0 Å². The first-order chi connectivity index (χ1) is 17.6. The van der Waals surface area contributed by atoms with Gasteiger partial charge in [-0.15, -0.1) is 0 Å². The maximum Gasteiger partial charge on any atom is 0.335 e. The highest BCUT2D eigenvalue weighted by Crippen LogP contribution is 2.81. The molecule has 0 saturated heterocycles. The SMILES string of the molecule is CC12CC3(C)CC(c4cc(-c5ccccc5)ccc4C(=O)O)(C1)CC(C14CC5CC(CC(C5)C1)C4)(C2)C3. The Balaban J connectivity index is 1.31. The highest BCUT2D eigenvalue weighted by atomic mass is 16.4. The van der Waals surface area contributed by atoms with E-state index in [-0.39, 0.29) is 5.41 Å². The van der Waals surface area contributed by atoms with Crippen molar-refractivity contribution in [2.75, 3.05) is 0 Å². The number of aromatic carboxylic acids is 1. The molecule has 8 saturated carbocycles. The van der Waals surface area contributed by atoms with E-state index in [0.717, 1.165) is 23.3 Å². The quantitative estimate of drug-likeness (QED) is 0.461. The zero-order valence-corrected chi connectivity index (χ0v) is 22.7. The minimum Gasteiger partial charge on any atom is -0.478 e. The molecule has 2 aromatic carbocycles. The Morgan fingerprint density at radius 3 is 1.86 bits per heavy atom. The molecule has 1 N–H and O–H groups in total. The van der Waals surface area contributed by atoms with E-state index in [1.165, 1.54) is 88.2 Å². The summed E-state index contributed by atoms with van der Waals surface area (Å²) in [5.74, 6) is 2.15. The second kappa shape index (κ2) is 7.10. The number of carboxylic acid groups (broad SMARTS) is 1. The Kier molecular flexibility index (Phi) is 4.39. The average molecular weight is 495 g/mol. The first-order valence-corrected chi connectivity index (χ1v) is 15.1. The van der Waals surface area contributed by atoms with Crippen LogP contribution in [0.4, 0.5) is 0 Å². The molecule has 2 atom stereocenters. The van der Waals surface area contributed by atoms with Crippen molar-refractivity contribution in [3.8, 4) is 11.1 Å². The molecule has 37 heavy (non-hydrogen) atoms. The van der Waals surface area contributed by atoms with Gasteiger partial charge in [0, 0.05) is 0 Å². The summed E-state index contributed by atoms with van der Waals surface area (Å²) in [6, 6.07) is 16.9. The maximum absolute atomic E-state index is 12.7. The summed E-state index contributed by atoms with van der Waals surface area (Å²) >= 11 is 0. The summed E-state index contributed by atoms with van der Waals surface area (Å²) in [6.07, 6.45) is 16.6. The fourth-order valence-corrected chi connectivity index (χ4v) is 13.3. The Labute approximate surface area is 222 Å². The molecule has 10 rings (SSSR count). The number of rotatable bonds is 4. The molecule has 0 spiro atoms. The minimum absolute atomic E-state index is 0.0138. The molecule has 0 aromatic heterocycles. The fraction of sp³-hybridized carbons (Fsp3) is 0.629. The Morgan fingerprint density at radius 1 is 0.703 bits per heavy atom. The van der Waals surface area contributed by atoms with Crippen molar-refractivity contribution >= 4 is 5.97 Å². The van der Waals surface area contributed by atoms with E-state index in [1.807, 2.05) is 12.1 Å². The zero-order chi connectivity index (χ0) is 25.3. The second-order valence-corrected chi connectivity index (χ2v) is 15.9. The van der Waals surface area contributed by atoms with Gasteiger partial charge < -0.3 is 5.11 Å². The Hall–Kier alpha value is -2.09. The van der Waals surface area contributed by atoms with Gasteiger partial charge in [0.25, 0.3) is 0 Å². The molecule has 0 amide bonds. The summed E-state index contributed by atoms with van der Waals surface area (Å²) in [4.78, 5) is 12.7. The van der Waals surface area contributed by atoms with Gasteiger partial charge in [0.15, 0.2) is 0 Å². The van der Waals surface area contributed by atoms with Gasteiger partial charge >= 0.3 is 5.97 Å². The lowest BCUT2D eigenvalue weighted by atomic mass is 9.28. The third-order valence-electron chi connectivity index (χ3n) is 12.7. The van der Waals surface area contributed by atoms with Crippen LogP contribution in [-0.4, -0.2) is 11.1 Å². The second-order valence-electron chi connectivity index (χ2n) is 15.9. The zero-order valence-electron chi connectivity index (χ0n) is 22.7. The molecule has 0 heterocycles. The van der Waals surface area contributed by atoms with E-state index >= 15 is 0 Å². The lowest BCUT2D eigenvalue weighted by Gasteiger charge is -2.76. The highest BCUT2D eigenvalue weighted by molar-refractivity contribution is 5.91. The van der Waals surface area contributed by atoms with Crippen LogP contribution in [0.2, 0.25) is 0 Å². The highest BCUT2D eigenvalue weighted by Gasteiger charge is 2.72. The van der Waals surface area contributed by atoms with Gasteiger partial charge in [-0.05, 0) is 151 Å². The van der Waals surface area contributed by atoms with E-state index in [9.17, 15) is 9.90 Å². The van der Waals surface area contributed by atoms with Crippen LogP contribution in [0.25, 0.3) is 11.1 Å². The molecule has 2 heteroatoms. The standard InChI is InChI=1S/C35H42O2/c1-31-17-32(2)19-33(18-31,29-13-27(8-9-28(29)30(36)37)26-6-4-3-5-7-26)22-35(20-31,21-32)34-14-23-10-24(15-34)12-25(11-23)16-34/h3-9,13,23-25H,10-12,14-22H2,1-2H3,(H,36,37). The monoisotopic (exact) mass is 494 g/mol. The third kappa shape index (κ3) is 3.14. The topological polar surface area (TPSA) is 37.3 Å². The molecule has 194 valence electrons. The smallest absolute Gasteiger partial charge is 0.335 e. The van der Waals surface area contributed by atoms with Crippen LogP contribution in [0.1, 0.15) is 107 Å². The Morgan fingerprint density at radius 2 is 1.30 bits per heavy atom. The summed E-state index contributed by atoms with van der Waals surface area (Å²) in [5.41, 5.74) is 5.63. The Bertz CT molecular complexity index is 1230. The summed E-state index contributed by atoms with van der Waals surface area (Å²) < 4.78 is 0. The van der Waals surface area contributed by atoms with Gasteiger partial charge in [-0.2, -0.15) is 0 Å². The molecule has 0 radical (unpaired) electrons. The van der Waals surface area contributed by atoms with Gasteiger partial charge in [0.1, 0.15) is 0 Å². The summed E-state index contributed by atoms with van der Waals surface area (Å²) in [6.45, 7) is 5.18. The average Bonchev–Trinajstić information content (AvgIpc) is 2.81. The van der Waals surface area contributed by atoms with Crippen molar-refractivity contribution in [2.24, 2.45) is 39.4 Å². The molecule has 8 aliphatic carbocycles. The van der Waals surface area contributed by atoms with E-state index < -0.39 is 5.97 Å². The number of carboxylic acids is 1. The van der Waals surface area contributed by atoms with Crippen molar-refractivity contribution in [3.05, 3.63) is 59.7 Å². The molecule has 2 aromatic rings. The van der Waals surface area contributed by atoms with Crippen molar-refractivity contribution in [2.45, 2.75) is 96.3 Å². The van der Waals surface area contributed by atoms with Gasteiger partial charge in [-0.1, -0.05) is 50.2 Å². The minimum atomic E-state index is -0.746. The van der Waals surface area contributed by atoms with Crippen LogP contribution in [0.15, 0.2) is 48.5 Å². The van der Waals surface area contributed by atoms with Crippen LogP contribution in [0.3, 0.4) is 0 Å². The van der Waals surface area contributed by atoms with Crippen molar-refractivity contribution in [1.29, 1.82) is 0 Å². The van der Waals surface area contributed by atoms with Crippen molar-refractivity contribution in [1.82, 2.24) is 0 Å². The van der Waals surface area contributed by atoms with E-state index in [2.05, 4.69) is 50.2 Å². The lowest BCUT2D eigenvalue weighted by Crippen LogP contribution is -2.68. The molecule has 0 aliphatic heterocycles. The van der Waals surface area contributed by atoms with Crippen LogP contribution in [0.5, 0.6) is 0 Å². The van der Waals surface area contributed by atoms with E-state index in [4.69, 9.17) is 0 Å². The first kappa shape index (κ1) is 22.9. The van der Waals surface area contributed by atoms with Gasteiger partial charge in [-0.3, -0.25) is 0 Å². The van der Waals surface area contributed by atoms with Crippen molar-refractivity contribution < 1.29 is 9.90 Å². The van der Waals surface area contributed by atoms with Crippen LogP contribution in [0, 0.1) is 39.4 Å². The predicted octanol–water partition coefficient (Wildman–Crippen LogP) is 8.89. The molecular weight excluding hydrogens is 452 g/mol. The third-order valence-corrected chi connectivity index (χ3v) is 12.7. The number of hydrogen-bond donors (Lipinski definition) is 1.